The highest BCUT2D eigenvalue weighted by Gasteiger charge is 2.33. The number of ether oxygens (including phenoxy) is 3. The van der Waals surface area contributed by atoms with Gasteiger partial charge in [-0.1, -0.05) is 108 Å². The molecule has 1 saturated heterocycles. The van der Waals surface area contributed by atoms with Gasteiger partial charge in [0.15, 0.2) is 0 Å². The highest BCUT2D eigenvalue weighted by atomic mass is 16.5. The fourth-order valence-electron chi connectivity index (χ4n) is 10.5. The van der Waals surface area contributed by atoms with Crippen LogP contribution in [0.25, 0.3) is 5.57 Å². The van der Waals surface area contributed by atoms with Crippen molar-refractivity contribution in [2.45, 2.75) is 149 Å². The summed E-state index contributed by atoms with van der Waals surface area (Å²) in [5.41, 5.74) is 11.3. The molecule has 3 aliphatic rings. The Kier molecular flexibility index (Phi) is 36.5. The molecule has 17 nitrogen and oxygen atoms in total. The lowest BCUT2D eigenvalue weighted by atomic mass is 9.94. The number of primary amides is 1. The van der Waals surface area contributed by atoms with Crippen molar-refractivity contribution in [3.8, 4) is 0 Å². The van der Waals surface area contributed by atoms with Crippen LogP contribution in [0, 0.1) is 12.8 Å². The van der Waals surface area contributed by atoms with Crippen molar-refractivity contribution in [2.24, 2.45) is 21.6 Å². The molecule has 4 amide bonds. The molecule has 2 heterocycles. The Morgan fingerprint density at radius 3 is 2.06 bits per heavy atom. The summed E-state index contributed by atoms with van der Waals surface area (Å²) in [7, 11) is 2.50. The molecule has 0 bridgehead atoms. The van der Waals surface area contributed by atoms with Crippen LogP contribution in [0.15, 0.2) is 83.1 Å². The summed E-state index contributed by atoms with van der Waals surface area (Å²) in [5, 5.41) is 13.2. The molecule has 17 heteroatoms. The molecule has 1 saturated carbocycles. The number of likely N-dealkylation sites (N-methyl/N-ethyl adjacent to an activating group) is 1. The van der Waals surface area contributed by atoms with E-state index in [0.717, 1.165) is 113 Å². The molecule has 1 unspecified atom stereocenters. The molecule has 0 radical (unpaired) electrons. The number of nitrogens with two attached hydrogens (primary N) is 1. The molecule has 5 rings (SSSR count). The van der Waals surface area contributed by atoms with Crippen LogP contribution < -0.4 is 16.4 Å². The zero-order valence-electron chi connectivity index (χ0n) is 49.6. The predicted molar refractivity (Wildman–Crippen MR) is 324 cm³/mol. The predicted octanol–water partition coefficient (Wildman–Crippen LogP) is 8.48. The zero-order chi connectivity index (χ0) is 58.2. The number of unbranched alkanes of at least 4 members (excludes halogenated alkanes) is 5. The van der Waals surface area contributed by atoms with Crippen LogP contribution >= 0.6 is 0 Å². The Hall–Kier alpha value is -5.40. The van der Waals surface area contributed by atoms with Gasteiger partial charge in [-0.05, 0) is 119 Å². The van der Waals surface area contributed by atoms with Gasteiger partial charge in [-0.3, -0.25) is 44.3 Å². The number of hydrogen-bond acceptors (Lipinski definition) is 13. The largest absolute Gasteiger partial charge is 0.400 e. The van der Waals surface area contributed by atoms with E-state index in [4.69, 9.17) is 29.1 Å². The van der Waals surface area contributed by atoms with Gasteiger partial charge in [-0.2, -0.15) is 0 Å². The standard InChI is InChI=1S/C61H94N8O6.CH3NO.CH4O/c1-7-10-27-58(60(71)63-6)69(48-70)61(72)55-26-21-23-52(49(55)4)22-15-14-20-38-74-40-42-75-41-39-73-37-19-12-11-18-32-66-33-35-67(36-34-66)45-51-28-30-53(31-29-51)57-46-68(54-24-16-13-17-25-54)59(56(57)44-62-5)65-47-64-43-50(8-2)9-3;2-1-3;1-2/h7,21,23,26,28-31,44,46,48,50,54,58,64H,1,5,8-20,22,24-25,27,32-43,45,47H2,2-4,6H3,(H,63,71);1H,(H2,2,3);2H,1H3/b56-44-,65-59+;;. The summed E-state index contributed by atoms with van der Waals surface area (Å²) in [6.07, 6.45) is 24.5. The van der Waals surface area contributed by atoms with E-state index in [1.807, 2.05) is 25.3 Å². The molecule has 2 aromatic rings. The van der Waals surface area contributed by atoms with E-state index >= 15 is 0 Å². The van der Waals surface area contributed by atoms with Crippen molar-refractivity contribution in [2.75, 3.05) is 99.7 Å². The number of piperazine rings is 1. The van der Waals surface area contributed by atoms with E-state index in [1.165, 1.54) is 94.5 Å². The molecule has 2 fully saturated rings. The average molecular weight is 1110 g/mol. The zero-order valence-corrected chi connectivity index (χ0v) is 49.6. The highest BCUT2D eigenvalue weighted by Crippen LogP contribution is 2.37. The van der Waals surface area contributed by atoms with E-state index in [1.54, 1.807) is 12.1 Å². The minimum absolute atomic E-state index is 0.250. The lowest BCUT2D eigenvalue weighted by Gasteiger charge is -2.34. The molecule has 5 N–H and O–H groups in total. The summed E-state index contributed by atoms with van der Waals surface area (Å²) >= 11 is 0. The third kappa shape index (κ3) is 24.4. The molecule has 1 atom stereocenters. The average Bonchev–Trinajstić information content (AvgIpc) is 3.95. The number of hydrogen-bond donors (Lipinski definition) is 4. The quantitative estimate of drug-likeness (QED) is 0.0218. The van der Waals surface area contributed by atoms with Crippen molar-refractivity contribution >= 4 is 42.8 Å². The molecular formula is C63H101N9O8. The highest BCUT2D eigenvalue weighted by molar-refractivity contribution is 6.16. The first-order chi connectivity index (χ1) is 39.2. The Balaban J connectivity index is 0.00000325. The lowest BCUT2D eigenvalue weighted by molar-refractivity contribution is -0.130. The van der Waals surface area contributed by atoms with Crippen LogP contribution in [-0.4, -0.2) is 174 Å². The number of rotatable bonds is 37. The van der Waals surface area contributed by atoms with Crippen LogP contribution in [0.5, 0.6) is 0 Å². The fraction of sp³-hybridized carbons (Fsp3) is 0.619. The monoisotopic (exact) mass is 1110 g/mol. The Bertz CT molecular complexity index is 2170. The van der Waals surface area contributed by atoms with E-state index in [-0.39, 0.29) is 12.3 Å². The lowest BCUT2D eigenvalue weighted by Crippen LogP contribution is -2.48. The number of aryl methyl sites for hydroxylation is 1. The maximum Gasteiger partial charge on any atom is 0.261 e. The SMILES string of the molecule is C=CCCC(C(=O)NC)N(C=O)C(=O)c1cccc(CCCCCOCCOCCOCCCCCCN2CCN(Cc3ccc(C4=CN(C5CCCCC5)C(=N/CNCC(CC)CC)/C4=C\N=C)cc3)CC2)c1C.CO.NC=O. The van der Waals surface area contributed by atoms with E-state index in [0.29, 0.717) is 76.5 Å². The second-order valence-corrected chi connectivity index (χ2v) is 20.7. The number of nitrogens with zero attached hydrogens (tertiary/aromatic N) is 6. The van der Waals surface area contributed by atoms with E-state index in [9.17, 15) is 14.4 Å². The number of allylic oxidation sites excluding steroid dienone is 1. The number of aliphatic hydroxyl groups is 1. The van der Waals surface area contributed by atoms with Crippen LogP contribution in [-0.2, 0) is 41.6 Å². The summed E-state index contributed by atoms with van der Waals surface area (Å²) < 4.78 is 17.3. The molecule has 446 valence electrons. The summed E-state index contributed by atoms with van der Waals surface area (Å²) in [5.74, 6) is 0.871. The third-order valence-electron chi connectivity index (χ3n) is 15.3. The second kappa shape index (κ2) is 42.4. The molecule has 1 aliphatic carbocycles. The number of imide groups is 1. The number of amides is 4. The number of aliphatic imine (C=N–C) groups is 2. The van der Waals surface area contributed by atoms with E-state index < -0.39 is 11.9 Å². The van der Waals surface area contributed by atoms with Gasteiger partial charge < -0.3 is 40.2 Å². The van der Waals surface area contributed by atoms with Crippen LogP contribution in [0.4, 0.5) is 0 Å². The van der Waals surface area contributed by atoms with Gasteiger partial charge in [0.1, 0.15) is 11.9 Å². The second-order valence-electron chi connectivity index (χ2n) is 20.7. The number of nitrogens with one attached hydrogen (secondary N) is 2. The first-order valence-electron chi connectivity index (χ1n) is 29.7. The first kappa shape index (κ1) is 68.9. The van der Waals surface area contributed by atoms with Gasteiger partial charge in [0, 0.05) is 95.2 Å². The normalized spacial score (nSPS) is 16.3. The summed E-state index contributed by atoms with van der Waals surface area (Å²) in [4.78, 5) is 64.6. The van der Waals surface area contributed by atoms with Crippen molar-refractivity contribution < 1.29 is 38.5 Å². The van der Waals surface area contributed by atoms with Crippen molar-refractivity contribution in [1.29, 1.82) is 0 Å². The number of benzene rings is 2. The molecule has 2 aliphatic heterocycles. The Morgan fingerprint density at radius 1 is 0.850 bits per heavy atom. The van der Waals surface area contributed by atoms with Gasteiger partial charge in [-0.15, -0.1) is 6.58 Å². The Morgan fingerprint density at radius 2 is 1.46 bits per heavy atom. The van der Waals surface area contributed by atoms with Crippen molar-refractivity contribution in [3.63, 3.8) is 0 Å². The minimum Gasteiger partial charge on any atom is -0.400 e. The van der Waals surface area contributed by atoms with Gasteiger partial charge in [0.05, 0.1) is 33.1 Å². The molecule has 80 heavy (non-hydrogen) atoms. The molecule has 0 spiro atoms. The third-order valence-corrected chi connectivity index (χ3v) is 15.3. The van der Waals surface area contributed by atoms with Gasteiger partial charge in [-0.25, -0.2) is 0 Å². The summed E-state index contributed by atoms with van der Waals surface area (Å²) in [6.45, 7) is 25.9. The van der Waals surface area contributed by atoms with Crippen LogP contribution in [0.3, 0.4) is 0 Å². The number of carbonyl (C=O) groups is 4. The van der Waals surface area contributed by atoms with Crippen LogP contribution in [0.1, 0.15) is 149 Å². The maximum atomic E-state index is 13.4. The van der Waals surface area contributed by atoms with Crippen LogP contribution in [0.2, 0.25) is 0 Å². The smallest absolute Gasteiger partial charge is 0.261 e. The minimum atomic E-state index is -0.889. The van der Waals surface area contributed by atoms with Gasteiger partial charge in [0.25, 0.3) is 5.91 Å². The topological polar surface area (TPSA) is 204 Å². The first-order valence-corrected chi connectivity index (χ1v) is 29.7. The van der Waals surface area contributed by atoms with Gasteiger partial charge in [0.2, 0.25) is 18.7 Å². The fourth-order valence-corrected chi connectivity index (χ4v) is 10.5. The number of carbonyl (C=O) groups excluding carboxylic acids is 4. The summed E-state index contributed by atoms with van der Waals surface area (Å²) in [6, 6.07) is 14.4. The number of aliphatic hydroxyl groups excluding tert-OH is 1. The molecule has 2 aromatic carbocycles. The number of amidine groups is 1. The van der Waals surface area contributed by atoms with Gasteiger partial charge >= 0.3 is 0 Å². The molecule has 0 aromatic heterocycles. The van der Waals surface area contributed by atoms with Crippen molar-refractivity contribution in [1.82, 2.24) is 30.2 Å². The van der Waals surface area contributed by atoms with Crippen molar-refractivity contribution in [3.05, 3.63) is 101 Å². The van der Waals surface area contributed by atoms with E-state index in [2.05, 4.69) is 93.7 Å². The maximum absolute atomic E-state index is 13.4. The Labute approximate surface area is 480 Å². The molecular weight excluding hydrogens is 1010 g/mol.